The molecule has 0 spiro atoms. The van der Waals surface area contributed by atoms with Crippen molar-refractivity contribution in [2.45, 2.75) is 0 Å². The van der Waals surface area contributed by atoms with Crippen LogP contribution in [0.1, 0.15) is 0 Å². The normalized spacial score (nSPS) is 11.1. The lowest BCUT2D eigenvalue weighted by Crippen LogP contribution is -2.29. The number of nitrogens with zero attached hydrogens (tertiary/aromatic N) is 3. The van der Waals surface area contributed by atoms with Crippen molar-refractivity contribution in [1.82, 2.24) is 19.5 Å². The highest BCUT2D eigenvalue weighted by Gasteiger charge is 2.09. The van der Waals surface area contributed by atoms with Gasteiger partial charge in [0.1, 0.15) is 5.75 Å². The van der Waals surface area contributed by atoms with Crippen LogP contribution in [-0.2, 0) is 7.05 Å². The SMILES string of the molecule is COc1ccc2nc3c(nc2c1)c(=O)[nH]c(=O)n3C. The summed E-state index contributed by atoms with van der Waals surface area (Å²) in [7, 11) is 3.08. The highest BCUT2D eigenvalue weighted by atomic mass is 16.5. The summed E-state index contributed by atoms with van der Waals surface area (Å²) in [6.45, 7) is 0. The quantitative estimate of drug-likeness (QED) is 0.629. The van der Waals surface area contributed by atoms with Crippen molar-refractivity contribution in [1.29, 1.82) is 0 Å². The zero-order valence-electron chi connectivity index (χ0n) is 10.3. The number of rotatable bonds is 1. The third-order valence-corrected chi connectivity index (χ3v) is 2.91. The van der Waals surface area contributed by atoms with Crippen LogP contribution in [0.4, 0.5) is 0 Å². The summed E-state index contributed by atoms with van der Waals surface area (Å²) in [6, 6.07) is 5.16. The number of aromatic nitrogens is 4. The fourth-order valence-electron chi connectivity index (χ4n) is 1.87. The van der Waals surface area contributed by atoms with E-state index in [1.165, 1.54) is 11.6 Å². The fourth-order valence-corrected chi connectivity index (χ4v) is 1.87. The van der Waals surface area contributed by atoms with Crippen molar-refractivity contribution >= 4 is 22.2 Å². The number of fused-ring (bicyclic) bond motifs is 2. The molecule has 0 bridgehead atoms. The van der Waals surface area contributed by atoms with Gasteiger partial charge in [0.05, 0.1) is 18.1 Å². The van der Waals surface area contributed by atoms with Gasteiger partial charge in [-0.25, -0.2) is 14.8 Å². The smallest absolute Gasteiger partial charge is 0.329 e. The van der Waals surface area contributed by atoms with Gasteiger partial charge >= 0.3 is 5.69 Å². The number of nitrogens with one attached hydrogen (secondary N) is 1. The highest BCUT2D eigenvalue weighted by molar-refractivity contribution is 5.84. The Morgan fingerprint density at radius 2 is 2.00 bits per heavy atom. The highest BCUT2D eigenvalue weighted by Crippen LogP contribution is 2.18. The summed E-state index contributed by atoms with van der Waals surface area (Å²) < 4.78 is 6.36. The Morgan fingerprint density at radius 1 is 1.21 bits per heavy atom. The van der Waals surface area contributed by atoms with Crippen molar-refractivity contribution in [2.24, 2.45) is 7.05 Å². The number of aryl methyl sites for hydroxylation is 1. The minimum atomic E-state index is -0.546. The first-order chi connectivity index (χ1) is 9.10. The number of H-pyrrole nitrogens is 1. The number of ether oxygens (including phenoxy) is 1. The first-order valence-electron chi connectivity index (χ1n) is 5.55. The third-order valence-electron chi connectivity index (χ3n) is 2.91. The Bertz CT molecular complexity index is 910. The van der Waals surface area contributed by atoms with Gasteiger partial charge in [-0.15, -0.1) is 0 Å². The van der Waals surface area contributed by atoms with Crippen LogP contribution < -0.4 is 16.0 Å². The van der Waals surface area contributed by atoms with E-state index in [4.69, 9.17) is 4.74 Å². The molecule has 7 heteroatoms. The zero-order chi connectivity index (χ0) is 13.6. The van der Waals surface area contributed by atoms with E-state index >= 15 is 0 Å². The van der Waals surface area contributed by atoms with Gasteiger partial charge in [-0.2, -0.15) is 0 Å². The van der Waals surface area contributed by atoms with Gasteiger partial charge in [0.25, 0.3) is 5.56 Å². The van der Waals surface area contributed by atoms with E-state index in [9.17, 15) is 9.59 Å². The van der Waals surface area contributed by atoms with Crippen molar-refractivity contribution < 1.29 is 4.74 Å². The third kappa shape index (κ3) is 1.67. The lowest BCUT2D eigenvalue weighted by atomic mass is 10.3. The predicted molar refractivity (Wildman–Crippen MR) is 69.5 cm³/mol. The number of hydrogen-bond donors (Lipinski definition) is 1. The molecule has 0 aliphatic heterocycles. The lowest BCUT2D eigenvalue weighted by Gasteiger charge is -2.05. The number of hydrogen-bond acceptors (Lipinski definition) is 5. The molecule has 2 heterocycles. The molecule has 0 aliphatic rings. The molecule has 1 N–H and O–H groups in total. The van der Waals surface area contributed by atoms with Crippen LogP contribution in [0, 0.1) is 0 Å². The van der Waals surface area contributed by atoms with Crippen LogP contribution in [0.25, 0.3) is 22.2 Å². The topological polar surface area (TPSA) is 89.9 Å². The summed E-state index contributed by atoms with van der Waals surface area (Å²) in [5.74, 6) is 0.627. The molecule has 2 aromatic heterocycles. The van der Waals surface area contributed by atoms with Gasteiger partial charge in [0, 0.05) is 13.1 Å². The Hall–Kier alpha value is -2.70. The van der Waals surface area contributed by atoms with Gasteiger partial charge in [0.2, 0.25) is 0 Å². The molecule has 0 aliphatic carbocycles. The minimum absolute atomic E-state index is 0.128. The van der Waals surface area contributed by atoms with Crippen molar-refractivity contribution in [2.75, 3.05) is 7.11 Å². The van der Waals surface area contributed by atoms with Crippen LogP contribution >= 0.6 is 0 Å². The molecule has 19 heavy (non-hydrogen) atoms. The standard InChI is InChI=1S/C12H10N4O3/c1-16-10-9(11(17)15-12(16)18)13-8-5-6(19-2)3-4-7(8)14-10/h3-5H,1-2H3,(H,15,17,18). The Labute approximate surface area is 106 Å². The average molecular weight is 258 g/mol. The van der Waals surface area contributed by atoms with E-state index in [0.29, 0.717) is 16.8 Å². The van der Waals surface area contributed by atoms with Gasteiger partial charge in [-0.05, 0) is 12.1 Å². The lowest BCUT2D eigenvalue weighted by molar-refractivity contribution is 0.415. The molecule has 0 atom stereocenters. The van der Waals surface area contributed by atoms with Crippen LogP contribution in [-0.4, -0.2) is 26.6 Å². The average Bonchev–Trinajstić information content (AvgIpc) is 2.42. The summed E-state index contributed by atoms with van der Waals surface area (Å²) in [5.41, 5.74) is 0.453. The molecule has 0 amide bonds. The van der Waals surface area contributed by atoms with E-state index in [2.05, 4.69) is 15.0 Å². The first kappa shape index (κ1) is 11.4. The summed E-state index contributed by atoms with van der Waals surface area (Å²) in [5, 5.41) is 0. The minimum Gasteiger partial charge on any atom is -0.497 e. The molecular formula is C12H10N4O3. The maximum atomic E-state index is 11.7. The molecule has 0 fully saturated rings. The van der Waals surface area contributed by atoms with E-state index < -0.39 is 11.2 Å². The van der Waals surface area contributed by atoms with E-state index in [0.717, 1.165) is 0 Å². The molecule has 1 aromatic carbocycles. The maximum absolute atomic E-state index is 11.7. The van der Waals surface area contributed by atoms with E-state index in [1.54, 1.807) is 25.3 Å². The maximum Gasteiger partial charge on any atom is 0.329 e. The summed E-state index contributed by atoms with van der Waals surface area (Å²) in [4.78, 5) is 34.0. The molecule has 0 saturated heterocycles. The molecule has 0 saturated carbocycles. The monoisotopic (exact) mass is 258 g/mol. The largest absolute Gasteiger partial charge is 0.497 e. The Morgan fingerprint density at radius 3 is 2.74 bits per heavy atom. The van der Waals surface area contributed by atoms with Crippen LogP contribution in [0.5, 0.6) is 5.75 Å². The van der Waals surface area contributed by atoms with Crippen LogP contribution in [0.2, 0.25) is 0 Å². The second-order valence-corrected chi connectivity index (χ2v) is 4.07. The van der Waals surface area contributed by atoms with Crippen LogP contribution in [0.3, 0.4) is 0 Å². The zero-order valence-corrected chi connectivity index (χ0v) is 10.3. The number of aromatic amines is 1. The molecule has 3 rings (SSSR count). The molecule has 3 aromatic rings. The Balaban J connectivity index is 2.51. The molecular weight excluding hydrogens is 248 g/mol. The molecule has 0 radical (unpaired) electrons. The van der Waals surface area contributed by atoms with E-state index in [-0.39, 0.29) is 11.2 Å². The summed E-state index contributed by atoms with van der Waals surface area (Å²) >= 11 is 0. The predicted octanol–water partition coefficient (Wildman–Crippen LogP) is 0.179. The first-order valence-corrected chi connectivity index (χ1v) is 5.55. The second kappa shape index (κ2) is 3.91. The van der Waals surface area contributed by atoms with Gasteiger partial charge < -0.3 is 4.74 Å². The molecule has 96 valence electrons. The van der Waals surface area contributed by atoms with Crippen LogP contribution in [0.15, 0.2) is 27.8 Å². The van der Waals surface area contributed by atoms with Gasteiger partial charge in [-0.3, -0.25) is 14.3 Å². The number of methoxy groups -OCH3 is 1. The second-order valence-electron chi connectivity index (χ2n) is 4.07. The van der Waals surface area contributed by atoms with Gasteiger partial charge in [-0.1, -0.05) is 0 Å². The van der Waals surface area contributed by atoms with Crippen molar-refractivity contribution in [3.8, 4) is 5.75 Å². The van der Waals surface area contributed by atoms with Crippen molar-refractivity contribution in [3.05, 3.63) is 39.0 Å². The molecule has 0 unspecified atom stereocenters. The van der Waals surface area contributed by atoms with E-state index in [1.807, 2.05) is 0 Å². The van der Waals surface area contributed by atoms with Gasteiger partial charge in [0.15, 0.2) is 11.2 Å². The molecule has 7 nitrogen and oxygen atoms in total. The fraction of sp³-hybridized carbons (Fsp3) is 0.167. The summed E-state index contributed by atoms with van der Waals surface area (Å²) in [6.07, 6.45) is 0. The number of benzene rings is 1. The van der Waals surface area contributed by atoms with Crippen molar-refractivity contribution in [3.63, 3.8) is 0 Å². The Kier molecular flexibility index (Phi) is 2.34.